The van der Waals surface area contributed by atoms with Crippen molar-refractivity contribution < 1.29 is 0 Å². The monoisotopic (exact) mass is 126 g/mol. The number of rotatable bonds is 0. The highest BCUT2D eigenvalue weighted by atomic mass is 14.4. The van der Waals surface area contributed by atoms with Gasteiger partial charge in [0.25, 0.3) is 0 Å². The third-order valence-electron chi connectivity index (χ3n) is 3.37. The van der Waals surface area contributed by atoms with Gasteiger partial charge in [-0.25, -0.2) is 0 Å². The van der Waals surface area contributed by atoms with Crippen LogP contribution in [0.2, 0.25) is 0 Å². The van der Waals surface area contributed by atoms with Crippen LogP contribution in [0.15, 0.2) is 0 Å². The fourth-order valence-electron chi connectivity index (χ4n) is 2.05. The Morgan fingerprint density at radius 3 is 1.22 bits per heavy atom. The van der Waals surface area contributed by atoms with Crippen LogP contribution in [0.1, 0.15) is 34.1 Å². The summed E-state index contributed by atoms with van der Waals surface area (Å²) in [5, 5.41) is 0. The highest BCUT2D eigenvalue weighted by Crippen LogP contribution is 2.40. The summed E-state index contributed by atoms with van der Waals surface area (Å²) in [6.07, 6.45) is 1.45. The van der Waals surface area contributed by atoms with Gasteiger partial charge in [0.05, 0.1) is 0 Å². The zero-order valence-electron chi connectivity index (χ0n) is 7.02. The molecule has 4 atom stereocenters. The van der Waals surface area contributed by atoms with Crippen LogP contribution < -0.4 is 0 Å². The summed E-state index contributed by atoms with van der Waals surface area (Å²) < 4.78 is 0. The first kappa shape index (κ1) is 7.11. The summed E-state index contributed by atoms with van der Waals surface area (Å²) in [4.78, 5) is 0. The standard InChI is InChI=1S/C9H18/c1-6-5-7(2)9(4)8(6)3/h6-9H,5H2,1-4H3/t6-,7-,8?,9?/m1/s1. The van der Waals surface area contributed by atoms with Gasteiger partial charge in [-0.1, -0.05) is 27.7 Å². The Kier molecular flexibility index (Phi) is 1.83. The molecule has 1 rings (SSSR count). The van der Waals surface area contributed by atoms with Gasteiger partial charge >= 0.3 is 0 Å². The van der Waals surface area contributed by atoms with Crippen molar-refractivity contribution >= 4 is 0 Å². The first-order valence-electron chi connectivity index (χ1n) is 4.13. The van der Waals surface area contributed by atoms with Gasteiger partial charge in [0.2, 0.25) is 0 Å². The molecule has 0 spiro atoms. The average molecular weight is 126 g/mol. The van der Waals surface area contributed by atoms with E-state index in [1.165, 1.54) is 6.42 Å². The topological polar surface area (TPSA) is 0 Å². The van der Waals surface area contributed by atoms with Crippen molar-refractivity contribution in [2.24, 2.45) is 23.7 Å². The predicted molar refractivity (Wildman–Crippen MR) is 41.3 cm³/mol. The molecule has 1 aliphatic carbocycles. The van der Waals surface area contributed by atoms with Crippen LogP contribution in [0.3, 0.4) is 0 Å². The predicted octanol–water partition coefficient (Wildman–Crippen LogP) is 2.93. The normalized spacial score (nSPS) is 52.0. The fraction of sp³-hybridized carbons (Fsp3) is 1.00. The average Bonchev–Trinajstić information content (AvgIpc) is 1.98. The Labute approximate surface area is 58.7 Å². The zero-order chi connectivity index (χ0) is 7.02. The largest absolute Gasteiger partial charge is 0.0622 e. The van der Waals surface area contributed by atoms with Crippen LogP contribution in [0, 0.1) is 23.7 Å². The van der Waals surface area contributed by atoms with Crippen LogP contribution in [0.25, 0.3) is 0 Å². The van der Waals surface area contributed by atoms with Gasteiger partial charge in [-0.2, -0.15) is 0 Å². The molecule has 54 valence electrons. The van der Waals surface area contributed by atoms with Gasteiger partial charge in [0.15, 0.2) is 0 Å². The van der Waals surface area contributed by atoms with Crippen molar-refractivity contribution in [3.8, 4) is 0 Å². The lowest BCUT2D eigenvalue weighted by atomic mass is 9.92. The quantitative estimate of drug-likeness (QED) is 0.468. The minimum Gasteiger partial charge on any atom is -0.0622 e. The molecule has 0 saturated heterocycles. The Balaban J connectivity index is 2.54. The van der Waals surface area contributed by atoms with Gasteiger partial charge < -0.3 is 0 Å². The smallest absolute Gasteiger partial charge is 0.0389 e. The van der Waals surface area contributed by atoms with Gasteiger partial charge in [0.1, 0.15) is 0 Å². The van der Waals surface area contributed by atoms with E-state index in [-0.39, 0.29) is 0 Å². The Hall–Kier alpha value is 0. The van der Waals surface area contributed by atoms with Crippen molar-refractivity contribution in [2.75, 3.05) is 0 Å². The van der Waals surface area contributed by atoms with E-state index >= 15 is 0 Å². The molecule has 0 bridgehead atoms. The van der Waals surface area contributed by atoms with E-state index in [2.05, 4.69) is 27.7 Å². The summed E-state index contributed by atoms with van der Waals surface area (Å²) in [6.45, 7) is 9.53. The molecule has 0 amide bonds. The third kappa shape index (κ3) is 1.12. The van der Waals surface area contributed by atoms with Gasteiger partial charge in [0, 0.05) is 0 Å². The lowest BCUT2D eigenvalue weighted by Gasteiger charge is -2.14. The number of hydrogen-bond donors (Lipinski definition) is 0. The van der Waals surface area contributed by atoms with Crippen LogP contribution in [0.5, 0.6) is 0 Å². The molecule has 0 heterocycles. The Morgan fingerprint density at radius 2 is 1.11 bits per heavy atom. The maximum Gasteiger partial charge on any atom is -0.0389 e. The summed E-state index contributed by atoms with van der Waals surface area (Å²) in [6, 6.07) is 0. The molecule has 0 aromatic rings. The zero-order valence-corrected chi connectivity index (χ0v) is 7.02. The molecule has 0 aromatic carbocycles. The van der Waals surface area contributed by atoms with Crippen molar-refractivity contribution in [2.45, 2.75) is 34.1 Å². The number of hydrogen-bond acceptors (Lipinski definition) is 0. The van der Waals surface area contributed by atoms with E-state index < -0.39 is 0 Å². The fourth-order valence-corrected chi connectivity index (χ4v) is 2.05. The highest BCUT2D eigenvalue weighted by molar-refractivity contribution is 4.81. The molecule has 0 heteroatoms. The van der Waals surface area contributed by atoms with Crippen LogP contribution in [-0.4, -0.2) is 0 Å². The van der Waals surface area contributed by atoms with Crippen molar-refractivity contribution in [1.29, 1.82) is 0 Å². The molecule has 0 aliphatic heterocycles. The van der Waals surface area contributed by atoms with E-state index in [1.807, 2.05) is 0 Å². The van der Waals surface area contributed by atoms with Gasteiger partial charge in [-0.3, -0.25) is 0 Å². The third-order valence-corrected chi connectivity index (χ3v) is 3.37. The summed E-state index contributed by atoms with van der Waals surface area (Å²) in [7, 11) is 0. The Morgan fingerprint density at radius 1 is 0.778 bits per heavy atom. The molecular formula is C9H18. The van der Waals surface area contributed by atoms with E-state index in [0.29, 0.717) is 0 Å². The SMILES string of the molecule is CC1C(C)[C@H](C)C[C@H]1C. The van der Waals surface area contributed by atoms with Crippen LogP contribution >= 0.6 is 0 Å². The minimum atomic E-state index is 0.958. The second-order valence-electron chi connectivity index (χ2n) is 3.91. The first-order chi connectivity index (χ1) is 4.13. The first-order valence-corrected chi connectivity index (χ1v) is 4.13. The maximum atomic E-state index is 2.39. The van der Waals surface area contributed by atoms with Gasteiger partial charge in [-0.05, 0) is 30.1 Å². The molecular weight excluding hydrogens is 108 g/mol. The van der Waals surface area contributed by atoms with Crippen molar-refractivity contribution in [3.63, 3.8) is 0 Å². The van der Waals surface area contributed by atoms with E-state index in [9.17, 15) is 0 Å². The summed E-state index contributed by atoms with van der Waals surface area (Å²) >= 11 is 0. The molecule has 0 nitrogen and oxygen atoms in total. The molecule has 0 aromatic heterocycles. The van der Waals surface area contributed by atoms with E-state index in [0.717, 1.165) is 23.7 Å². The molecule has 1 aliphatic rings. The lowest BCUT2D eigenvalue weighted by Crippen LogP contribution is -2.07. The van der Waals surface area contributed by atoms with E-state index in [1.54, 1.807) is 0 Å². The summed E-state index contributed by atoms with van der Waals surface area (Å²) in [5.74, 6) is 3.85. The lowest BCUT2D eigenvalue weighted by molar-refractivity contribution is 0.352. The second-order valence-corrected chi connectivity index (χ2v) is 3.91. The van der Waals surface area contributed by atoms with Crippen molar-refractivity contribution in [3.05, 3.63) is 0 Å². The molecule has 2 unspecified atom stereocenters. The minimum absolute atomic E-state index is 0.958. The second kappa shape index (κ2) is 2.32. The van der Waals surface area contributed by atoms with Crippen molar-refractivity contribution in [1.82, 2.24) is 0 Å². The van der Waals surface area contributed by atoms with Crippen LogP contribution in [0.4, 0.5) is 0 Å². The molecule has 9 heavy (non-hydrogen) atoms. The molecule has 1 fully saturated rings. The molecule has 0 N–H and O–H groups in total. The van der Waals surface area contributed by atoms with Crippen LogP contribution in [-0.2, 0) is 0 Å². The van der Waals surface area contributed by atoms with Gasteiger partial charge in [-0.15, -0.1) is 0 Å². The maximum absolute atomic E-state index is 2.39. The molecule has 0 radical (unpaired) electrons. The Bertz CT molecular complexity index is 84.2. The summed E-state index contributed by atoms with van der Waals surface area (Å²) in [5.41, 5.74) is 0. The highest BCUT2D eigenvalue weighted by Gasteiger charge is 2.31. The van der Waals surface area contributed by atoms with E-state index in [4.69, 9.17) is 0 Å². The molecule has 1 saturated carbocycles.